The number of fused-ring (bicyclic) bond motifs is 1. The van der Waals surface area contributed by atoms with Crippen LogP contribution < -0.4 is 15.9 Å². The van der Waals surface area contributed by atoms with Crippen LogP contribution in [0, 0.1) is 0 Å². The first-order valence-corrected chi connectivity index (χ1v) is 10.0. The first kappa shape index (κ1) is 18.1. The molecule has 0 bridgehead atoms. The second kappa shape index (κ2) is 7.79. The monoisotopic (exact) mass is 394 g/mol. The molecule has 0 saturated carbocycles. The van der Waals surface area contributed by atoms with E-state index in [4.69, 9.17) is 0 Å². The lowest BCUT2D eigenvalue weighted by molar-refractivity contribution is 0.714. The molecule has 1 atom stereocenters. The van der Waals surface area contributed by atoms with Crippen LogP contribution in [-0.4, -0.2) is 15.7 Å². The van der Waals surface area contributed by atoms with Gasteiger partial charge in [-0.2, -0.15) is 0 Å². The molecule has 30 heavy (non-hydrogen) atoms. The molecule has 0 spiro atoms. The van der Waals surface area contributed by atoms with Gasteiger partial charge in [0.05, 0.1) is 11.4 Å². The number of para-hydroxylation sites is 2. The molecule has 1 aliphatic heterocycles. The van der Waals surface area contributed by atoms with Crippen molar-refractivity contribution in [1.29, 1.82) is 0 Å². The lowest BCUT2D eigenvalue weighted by Crippen LogP contribution is -2.42. The minimum absolute atomic E-state index is 0.106. The van der Waals surface area contributed by atoms with Gasteiger partial charge in [0.2, 0.25) is 0 Å². The summed E-state index contributed by atoms with van der Waals surface area (Å²) in [5, 5.41) is 3.59. The van der Waals surface area contributed by atoms with Gasteiger partial charge in [-0.15, -0.1) is 0 Å². The standard InChI is InChI=1S/C25H22N4O/c30-25-27-22-16-17-23(26-20-12-6-2-7-13-20)28(18-19-10-4-1-5-11-19)24(22)29(25)21-14-8-3-9-15-21/h1-17,23,26H,18H2,(H,27,30). The molecule has 2 heterocycles. The third-order valence-electron chi connectivity index (χ3n) is 5.25. The van der Waals surface area contributed by atoms with Crippen LogP contribution in [0.5, 0.6) is 0 Å². The number of nitrogens with one attached hydrogen (secondary N) is 2. The fourth-order valence-corrected chi connectivity index (χ4v) is 3.87. The van der Waals surface area contributed by atoms with Gasteiger partial charge in [-0.25, -0.2) is 9.36 Å². The molecule has 4 aromatic rings. The number of anilines is 2. The van der Waals surface area contributed by atoms with Crippen LogP contribution in [0.2, 0.25) is 0 Å². The predicted molar refractivity (Wildman–Crippen MR) is 122 cm³/mol. The Hall–Kier alpha value is -3.99. The number of hydrogen-bond acceptors (Lipinski definition) is 3. The van der Waals surface area contributed by atoms with Crippen LogP contribution in [0.1, 0.15) is 11.3 Å². The van der Waals surface area contributed by atoms with Gasteiger partial charge in [0.15, 0.2) is 0 Å². The maximum atomic E-state index is 12.9. The van der Waals surface area contributed by atoms with Crippen molar-refractivity contribution >= 4 is 17.6 Å². The van der Waals surface area contributed by atoms with E-state index in [1.807, 2.05) is 84.9 Å². The Morgan fingerprint density at radius 2 is 1.47 bits per heavy atom. The van der Waals surface area contributed by atoms with Crippen molar-refractivity contribution < 1.29 is 0 Å². The van der Waals surface area contributed by atoms with Gasteiger partial charge in [0, 0.05) is 12.2 Å². The highest BCUT2D eigenvalue weighted by atomic mass is 16.1. The molecule has 0 aliphatic carbocycles. The third kappa shape index (κ3) is 3.42. The predicted octanol–water partition coefficient (Wildman–Crippen LogP) is 4.64. The number of hydrogen-bond donors (Lipinski definition) is 2. The molecule has 3 aromatic carbocycles. The molecule has 0 saturated heterocycles. The normalized spacial score (nSPS) is 15.1. The van der Waals surface area contributed by atoms with Crippen molar-refractivity contribution in [2.75, 3.05) is 10.2 Å². The van der Waals surface area contributed by atoms with Gasteiger partial charge in [-0.1, -0.05) is 66.7 Å². The molecule has 1 unspecified atom stereocenters. The number of nitrogens with zero attached hydrogens (tertiary/aromatic N) is 2. The van der Waals surface area contributed by atoms with Gasteiger partial charge in [-0.3, -0.25) is 0 Å². The molecular weight excluding hydrogens is 372 g/mol. The smallest absolute Gasteiger partial charge is 0.332 e. The number of aromatic nitrogens is 2. The van der Waals surface area contributed by atoms with Crippen LogP contribution >= 0.6 is 0 Å². The zero-order valence-corrected chi connectivity index (χ0v) is 16.4. The summed E-state index contributed by atoms with van der Waals surface area (Å²) in [6.07, 6.45) is 3.97. The van der Waals surface area contributed by atoms with E-state index >= 15 is 0 Å². The summed E-state index contributed by atoms with van der Waals surface area (Å²) in [5.74, 6) is 0.853. The highest BCUT2D eigenvalue weighted by Gasteiger charge is 2.28. The highest BCUT2D eigenvalue weighted by Crippen LogP contribution is 2.31. The quantitative estimate of drug-likeness (QED) is 0.519. The Kier molecular flexibility index (Phi) is 4.69. The molecule has 0 radical (unpaired) electrons. The SMILES string of the molecule is O=c1[nH]c2c(n1-c1ccccc1)N(Cc1ccccc1)C(Nc1ccccc1)C=C2. The van der Waals surface area contributed by atoms with E-state index in [0.717, 1.165) is 22.9 Å². The summed E-state index contributed by atoms with van der Waals surface area (Å²) in [6.45, 7) is 0.660. The Morgan fingerprint density at radius 3 is 2.17 bits per heavy atom. The topological polar surface area (TPSA) is 53.1 Å². The molecule has 0 fully saturated rings. The zero-order chi connectivity index (χ0) is 20.3. The lowest BCUT2D eigenvalue weighted by Gasteiger charge is -2.36. The van der Waals surface area contributed by atoms with E-state index in [2.05, 4.69) is 33.4 Å². The minimum Gasteiger partial charge on any atom is -0.362 e. The van der Waals surface area contributed by atoms with E-state index in [0.29, 0.717) is 6.54 Å². The van der Waals surface area contributed by atoms with Crippen LogP contribution in [0.3, 0.4) is 0 Å². The minimum atomic E-state index is -0.144. The molecule has 1 aromatic heterocycles. The second-order valence-corrected chi connectivity index (χ2v) is 7.27. The number of aromatic amines is 1. The van der Waals surface area contributed by atoms with Gasteiger partial charge < -0.3 is 15.2 Å². The molecule has 0 amide bonds. The van der Waals surface area contributed by atoms with Crippen LogP contribution in [0.15, 0.2) is 102 Å². The van der Waals surface area contributed by atoms with E-state index in [1.165, 1.54) is 5.56 Å². The fraction of sp³-hybridized carbons (Fsp3) is 0.0800. The average Bonchev–Trinajstić information content (AvgIpc) is 3.13. The van der Waals surface area contributed by atoms with Crippen molar-refractivity contribution in [3.63, 3.8) is 0 Å². The molecule has 1 aliphatic rings. The van der Waals surface area contributed by atoms with Gasteiger partial charge in [0.25, 0.3) is 0 Å². The zero-order valence-electron chi connectivity index (χ0n) is 16.4. The molecule has 2 N–H and O–H groups in total. The Morgan fingerprint density at radius 1 is 0.833 bits per heavy atom. The molecule has 148 valence electrons. The maximum absolute atomic E-state index is 12.9. The van der Waals surface area contributed by atoms with E-state index in [9.17, 15) is 4.79 Å². The third-order valence-corrected chi connectivity index (χ3v) is 5.25. The number of imidazole rings is 1. The Balaban J connectivity index is 1.62. The number of H-pyrrole nitrogens is 1. The second-order valence-electron chi connectivity index (χ2n) is 7.27. The molecule has 5 heteroatoms. The molecule has 5 rings (SSSR count). The summed E-state index contributed by atoms with van der Waals surface area (Å²) in [4.78, 5) is 18.1. The van der Waals surface area contributed by atoms with Gasteiger partial charge in [0.1, 0.15) is 12.0 Å². The Bertz CT molecular complexity index is 1210. The van der Waals surface area contributed by atoms with Crippen molar-refractivity contribution in [3.8, 4) is 5.69 Å². The summed E-state index contributed by atoms with van der Waals surface area (Å²) in [5.41, 5.74) is 3.71. The summed E-state index contributed by atoms with van der Waals surface area (Å²) < 4.78 is 1.75. The highest BCUT2D eigenvalue weighted by molar-refractivity contribution is 5.70. The first-order chi connectivity index (χ1) is 14.8. The molecular formula is C25H22N4O. The van der Waals surface area contributed by atoms with Crippen molar-refractivity contribution in [2.24, 2.45) is 0 Å². The van der Waals surface area contributed by atoms with Crippen LogP contribution in [-0.2, 0) is 6.54 Å². The van der Waals surface area contributed by atoms with Gasteiger partial charge in [-0.05, 0) is 42.0 Å². The van der Waals surface area contributed by atoms with Crippen molar-refractivity contribution in [1.82, 2.24) is 9.55 Å². The van der Waals surface area contributed by atoms with Crippen molar-refractivity contribution in [2.45, 2.75) is 12.7 Å². The van der Waals surface area contributed by atoms with Gasteiger partial charge >= 0.3 is 5.69 Å². The van der Waals surface area contributed by atoms with E-state index in [-0.39, 0.29) is 11.9 Å². The fourth-order valence-electron chi connectivity index (χ4n) is 3.87. The summed E-state index contributed by atoms with van der Waals surface area (Å²) in [7, 11) is 0. The number of benzene rings is 3. The van der Waals surface area contributed by atoms with Crippen LogP contribution in [0.25, 0.3) is 11.8 Å². The van der Waals surface area contributed by atoms with E-state index in [1.54, 1.807) is 4.57 Å². The number of rotatable bonds is 5. The molecule has 5 nitrogen and oxygen atoms in total. The Labute approximate surface area is 174 Å². The largest absolute Gasteiger partial charge is 0.362 e. The first-order valence-electron chi connectivity index (χ1n) is 10.0. The van der Waals surface area contributed by atoms with E-state index < -0.39 is 0 Å². The maximum Gasteiger partial charge on any atom is 0.332 e. The lowest BCUT2D eigenvalue weighted by atomic mass is 10.1. The van der Waals surface area contributed by atoms with Crippen molar-refractivity contribution in [3.05, 3.63) is 119 Å². The summed E-state index contributed by atoms with van der Waals surface area (Å²) >= 11 is 0. The summed E-state index contributed by atoms with van der Waals surface area (Å²) in [6, 6.07) is 30.2. The van der Waals surface area contributed by atoms with Crippen LogP contribution in [0.4, 0.5) is 11.5 Å². The average molecular weight is 394 g/mol.